The molecule has 0 amide bonds. The maximum atomic E-state index is 5.72. The largest absolute Gasteiger partial charge is 0.380 e. The number of imidazole rings is 1. The van der Waals surface area contributed by atoms with E-state index in [1.807, 2.05) is 35.0 Å². The molecular formula is C11H13N3O. The second-order valence-electron chi connectivity index (χ2n) is 3.26. The number of nitrogens with two attached hydrogens (primary N) is 1. The molecule has 0 spiro atoms. The SMILES string of the molecule is COCc1cccc(-n2ccnc2N)c1. The number of hydrogen-bond acceptors (Lipinski definition) is 3. The Balaban J connectivity index is 2.37. The highest BCUT2D eigenvalue weighted by Crippen LogP contribution is 2.14. The van der Waals surface area contributed by atoms with E-state index in [2.05, 4.69) is 4.98 Å². The Labute approximate surface area is 88.3 Å². The van der Waals surface area contributed by atoms with Crippen LogP contribution in [-0.2, 0) is 11.3 Å². The number of aromatic nitrogens is 2. The molecule has 2 rings (SSSR count). The average Bonchev–Trinajstić information content (AvgIpc) is 2.65. The Bertz CT molecular complexity index is 451. The van der Waals surface area contributed by atoms with Crippen LogP contribution in [0.4, 0.5) is 5.95 Å². The smallest absolute Gasteiger partial charge is 0.204 e. The van der Waals surface area contributed by atoms with Gasteiger partial charge in [-0.25, -0.2) is 4.98 Å². The van der Waals surface area contributed by atoms with Crippen molar-refractivity contribution in [2.24, 2.45) is 0 Å². The van der Waals surface area contributed by atoms with Gasteiger partial charge < -0.3 is 10.5 Å². The van der Waals surface area contributed by atoms with Crippen molar-refractivity contribution in [3.63, 3.8) is 0 Å². The van der Waals surface area contributed by atoms with Crippen LogP contribution in [0.5, 0.6) is 0 Å². The maximum absolute atomic E-state index is 5.72. The number of rotatable bonds is 3. The highest BCUT2D eigenvalue weighted by molar-refractivity contribution is 5.41. The van der Waals surface area contributed by atoms with Crippen LogP contribution in [0, 0.1) is 0 Å². The monoisotopic (exact) mass is 203 g/mol. The van der Waals surface area contributed by atoms with Crippen LogP contribution >= 0.6 is 0 Å². The summed E-state index contributed by atoms with van der Waals surface area (Å²) in [5.74, 6) is 0.490. The first-order valence-electron chi connectivity index (χ1n) is 4.68. The first-order chi connectivity index (χ1) is 7.31. The van der Waals surface area contributed by atoms with Crippen LogP contribution in [0.25, 0.3) is 5.69 Å². The number of nitrogens with zero attached hydrogens (tertiary/aromatic N) is 2. The fourth-order valence-corrected chi connectivity index (χ4v) is 1.50. The average molecular weight is 203 g/mol. The predicted octanol–water partition coefficient (Wildman–Crippen LogP) is 1.60. The molecule has 0 bridgehead atoms. The van der Waals surface area contributed by atoms with Crippen LogP contribution in [0.2, 0.25) is 0 Å². The molecule has 4 heteroatoms. The highest BCUT2D eigenvalue weighted by atomic mass is 16.5. The fourth-order valence-electron chi connectivity index (χ4n) is 1.50. The van der Waals surface area contributed by atoms with E-state index in [4.69, 9.17) is 10.5 Å². The summed E-state index contributed by atoms with van der Waals surface area (Å²) in [6, 6.07) is 8.00. The molecule has 15 heavy (non-hydrogen) atoms. The zero-order valence-electron chi connectivity index (χ0n) is 8.55. The Morgan fingerprint density at radius 3 is 3.00 bits per heavy atom. The van der Waals surface area contributed by atoms with E-state index in [1.54, 1.807) is 13.3 Å². The fraction of sp³-hybridized carbons (Fsp3) is 0.182. The number of benzene rings is 1. The summed E-state index contributed by atoms with van der Waals surface area (Å²) >= 11 is 0. The zero-order chi connectivity index (χ0) is 10.7. The van der Waals surface area contributed by atoms with Crippen LogP contribution in [-0.4, -0.2) is 16.7 Å². The summed E-state index contributed by atoms with van der Waals surface area (Å²) in [4.78, 5) is 3.98. The third kappa shape index (κ3) is 1.99. The van der Waals surface area contributed by atoms with E-state index in [0.717, 1.165) is 11.3 Å². The van der Waals surface area contributed by atoms with Crippen LogP contribution in [0.3, 0.4) is 0 Å². The van der Waals surface area contributed by atoms with Crippen LogP contribution < -0.4 is 5.73 Å². The van der Waals surface area contributed by atoms with Crippen LogP contribution in [0.15, 0.2) is 36.7 Å². The summed E-state index contributed by atoms with van der Waals surface area (Å²) in [5, 5.41) is 0. The maximum Gasteiger partial charge on any atom is 0.204 e. The van der Waals surface area contributed by atoms with E-state index in [1.165, 1.54) is 0 Å². The van der Waals surface area contributed by atoms with Crippen molar-refractivity contribution >= 4 is 5.95 Å². The van der Waals surface area contributed by atoms with E-state index >= 15 is 0 Å². The molecule has 0 fully saturated rings. The molecule has 0 atom stereocenters. The number of methoxy groups -OCH3 is 1. The van der Waals surface area contributed by atoms with Crippen molar-refractivity contribution in [2.45, 2.75) is 6.61 Å². The molecule has 4 nitrogen and oxygen atoms in total. The quantitative estimate of drug-likeness (QED) is 0.824. The molecule has 0 saturated heterocycles. The standard InChI is InChI=1S/C11H13N3O/c1-15-8-9-3-2-4-10(7-9)14-6-5-13-11(14)12/h2-7H,8H2,1H3,(H2,12,13). The number of nitrogen functional groups attached to an aromatic ring is 1. The molecule has 0 saturated carbocycles. The Morgan fingerprint density at radius 1 is 1.47 bits per heavy atom. The van der Waals surface area contributed by atoms with Gasteiger partial charge in [0.15, 0.2) is 0 Å². The van der Waals surface area contributed by atoms with Crippen molar-refractivity contribution in [1.82, 2.24) is 9.55 Å². The van der Waals surface area contributed by atoms with Gasteiger partial charge in [0.05, 0.1) is 6.61 Å². The molecule has 1 heterocycles. The lowest BCUT2D eigenvalue weighted by Gasteiger charge is -2.06. The summed E-state index contributed by atoms with van der Waals surface area (Å²) in [6.07, 6.45) is 3.51. The first-order valence-corrected chi connectivity index (χ1v) is 4.68. The molecule has 0 radical (unpaired) electrons. The van der Waals surface area contributed by atoms with Gasteiger partial charge in [-0.05, 0) is 17.7 Å². The summed E-state index contributed by atoms with van der Waals surface area (Å²) in [6.45, 7) is 0.600. The van der Waals surface area contributed by atoms with Gasteiger partial charge in [-0.2, -0.15) is 0 Å². The zero-order valence-corrected chi connectivity index (χ0v) is 8.55. The molecular weight excluding hydrogens is 190 g/mol. The van der Waals surface area contributed by atoms with E-state index in [-0.39, 0.29) is 0 Å². The van der Waals surface area contributed by atoms with E-state index in [0.29, 0.717) is 12.6 Å². The molecule has 0 unspecified atom stereocenters. The van der Waals surface area contributed by atoms with Gasteiger partial charge in [0.1, 0.15) is 0 Å². The van der Waals surface area contributed by atoms with Crippen LogP contribution in [0.1, 0.15) is 5.56 Å². The molecule has 0 aliphatic carbocycles. The number of ether oxygens (including phenoxy) is 1. The Hall–Kier alpha value is -1.81. The second kappa shape index (κ2) is 4.14. The van der Waals surface area contributed by atoms with Gasteiger partial charge in [-0.1, -0.05) is 12.1 Å². The molecule has 0 aliphatic rings. The van der Waals surface area contributed by atoms with Gasteiger partial charge in [0.25, 0.3) is 0 Å². The molecule has 2 aromatic rings. The van der Waals surface area contributed by atoms with Crippen molar-refractivity contribution in [3.05, 3.63) is 42.2 Å². The lowest BCUT2D eigenvalue weighted by Crippen LogP contribution is -2.00. The lowest BCUT2D eigenvalue weighted by atomic mass is 10.2. The molecule has 1 aromatic heterocycles. The minimum Gasteiger partial charge on any atom is -0.380 e. The Morgan fingerprint density at radius 2 is 2.33 bits per heavy atom. The van der Waals surface area contributed by atoms with Gasteiger partial charge in [-0.3, -0.25) is 4.57 Å². The summed E-state index contributed by atoms with van der Waals surface area (Å²) in [7, 11) is 1.68. The van der Waals surface area contributed by atoms with Gasteiger partial charge >= 0.3 is 0 Å². The van der Waals surface area contributed by atoms with E-state index < -0.39 is 0 Å². The Kier molecular flexibility index (Phi) is 2.69. The lowest BCUT2D eigenvalue weighted by molar-refractivity contribution is 0.185. The predicted molar refractivity (Wildman–Crippen MR) is 58.7 cm³/mol. The van der Waals surface area contributed by atoms with Gasteiger partial charge in [-0.15, -0.1) is 0 Å². The summed E-state index contributed by atoms with van der Waals surface area (Å²) < 4.78 is 6.91. The van der Waals surface area contributed by atoms with Crippen molar-refractivity contribution in [2.75, 3.05) is 12.8 Å². The van der Waals surface area contributed by atoms with E-state index in [9.17, 15) is 0 Å². The molecule has 78 valence electrons. The third-order valence-electron chi connectivity index (χ3n) is 2.17. The van der Waals surface area contributed by atoms with Gasteiger partial charge in [0, 0.05) is 25.2 Å². The third-order valence-corrected chi connectivity index (χ3v) is 2.17. The second-order valence-corrected chi connectivity index (χ2v) is 3.26. The minimum atomic E-state index is 0.490. The summed E-state index contributed by atoms with van der Waals surface area (Å²) in [5.41, 5.74) is 7.83. The first kappa shape index (κ1) is 9.73. The van der Waals surface area contributed by atoms with Crippen molar-refractivity contribution in [3.8, 4) is 5.69 Å². The highest BCUT2D eigenvalue weighted by Gasteiger charge is 2.01. The molecule has 0 aliphatic heterocycles. The normalized spacial score (nSPS) is 10.5. The number of anilines is 1. The number of hydrogen-bond donors (Lipinski definition) is 1. The van der Waals surface area contributed by atoms with Crippen molar-refractivity contribution < 1.29 is 4.74 Å². The van der Waals surface area contributed by atoms with Gasteiger partial charge in [0.2, 0.25) is 5.95 Å². The van der Waals surface area contributed by atoms with Crippen molar-refractivity contribution in [1.29, 1.82) is 0 Å². The minimum absolute atomic E-state index is 0.490. The molecule has 2 N–H and O–H groups in total. The molecule has 1 aromatic carbocycles. The topological polar surface area (TPSA) is 53.1 Å².